The topological polar surface area (TPSA) is 108 Å². The van der Waals surface area contributed by atoms with E-state index >= 15 is 0 Å². The van der Waals surface area contributed by atoms with Gasteiger partial charge < -0.3 is 25.4 Å². The lowest BCUT2D eigenvalue weighted by Gasteiger charge is -2.29. The minimum Gasteiger partial charge on any atom is -0.508 e. The van der Waals surface area contributed by atoms with E-state index in [1.807, 2.05) is 37.5 Å². The molecule has 0 fully saturated rings. The SMILES string of the molecule is CCC(Nc1nc(NCc2cc(C)ccc2O)c2ncn(CC)c2n1)C(C)(C)O. The predicted octanol–water partition coefficient (Wildman–Crippen LogP) is 3.43. The Bertz CT molecular complexity index is 993. The zero-order valence-corrected chi connectivity index (χ0v) is 17.7. The third kappa shape index (κ3) is 4.59. The number of imidazole rings is 1. The summed E-state index contributed by atoms with van der Waals surface area (Å²) in [5.41, 5.74) is 2.32. The molecule has 0 saturated carbocycles. The summed E-state index contributed by atoms with van der Waals surface area (Å²) in [6.07, 6.45) is 2.46. The number of phenols is 1. The molecule has 2 aromatic heterocycles. The molecule has 0 aliphatic rings. The lowest BCUT2D eigenvalue weighted by atomic mass is 9.97. The van der Waals surface area contributed by atoms with E-state index in [9.17, 15) is 10.2 Å². The molecule has 0 amide bonds. The first-order valence-corrected chi connectivity index (χ1v) is 9.97. The van der Waals surface area contributed by atoms with Gasteiger partial charge in [0.1, 0.15) is 5.75 Å². The zero-order chi connectivity index (χ0) is 21.2. The van der Waals surface area contributed by atoms with Crippen LogP contribution in [0.4, 0.5) is 11.8 Å². The number of rotatable bonds is 8. The van der Waals surface area contributed by atoms with Crippen LogP contribution in [0.1, 0.15) is 45.2 Å². The Balaban J connectivity index is 1.96. The van der Waals surface area contributed by atoms with Gasteiger partial charge in [0.2, 0.25) is 5.95 Å². The van der Waals surface area contributed by atoms with Gasteiger partial charge in [0.15, 0.2) is 17.0 Å². The molecule has 2 heterocycles. The van der Waals surface area contributed by atoms with Crippen molar-refractivity contribution in [2.45, 2.75) is 65.8 Å². The number of nitrogens with zero attached hydrogens (tertiary/aromatic N) is 4. The highest BCUT2D eigenvalue weighted by atomic mass is 16.3. The summed E-state index contributed by atoms with van der Waals surface area (Å²) in [7, 11) is 0. The van der Waals surface area contributed by atoms with E-state index in [-0.39, 0.29) is 11.8 Å². The Morgan fingerprint density at radius 3 is 2.62 bits per heavy atom. The van der Waals surface area contributed by atoms with Crippen LogP contribution < -0.4 is 10.6 Å². The molecule has 29 heavy (non-hydrogen) atoms. The Morgan fingerprint density at radius 1 is 1.21 bits per heavy atom. The molecule has 8 heteroatoms. The fourth-order valence-corrected chi connectivity index (χ4v) is 3.33. The second-order valence-electron chi connectivity index (χ2n) is 7.84. The van der Waals surface area contributed by atoms with Crippen LogP contribution in [0.2, 0.25) is 0 Å². The van der Waals surface area contributed by atoms with Gasteiger partial charge in [-0.1, -0.05) is 24.6 Å². The van der Waals surface area contributed by atoms with E-state index in [4.69, 9.17) is 0 Å². The van der Waals surface area contributed by atoms with E-state index in [1.165, 1.54) is 0 Å². The predicted molar refractivity (Wildman–Crippen MR) is 115 cm³/mol. The van der Waals surface area contributed by atoms with Crippen molar-refractivity contribution in [1.82, 2.24) is 19.5 Å². The first kappa shape index (κ1) is 20.9. The maximum atomic E-state index is 10.4. The monoisotopic (exact) mass is 398 g/mol. The number of aryl methyl sites for hydroxylation is 2. The first-order valence-electron chi connectivity index (χ1n) is 9.97. The highest BCUT2D eigenvalue weighted by Crippen LogP contribution is 2.25. The van der Waals surface area contributed by atoms with E-state index in [1.54, 1.807) is 26.2 Å². The summed E-state index contributed by atoms with van der Waals surface area (Å²) in [4.78, 5) is 13.7. The minimum atomic E-state index is -0.918. The Morgan fingerprint density at radius 2 is 1.97 bits per heavy atom. The summed E-state index contributed by atoms with van der Waals surface area (Å²) in [5, 5.41) is 27.1. The van der Waals surface area contributed by atoms with Gasteiger partial charge in [0.05, 0.1) is 18.0 Å². The van der Waals surface area contributed by atoms with Crippen LogP contribution in [0.15, 0.2) is 24.5 Å². The van der Waals surface area contributed by atoms with Gasteiger partial charge in [-0.25, -0.2) is 4.98 Å². The second-order valence-corrected chi connectivity index (χ2v) is 7.84. The molecule has 0 bridgehead atoms. The Hall–Kier alpha value is -2.87. The third-order valence-corrected chi connectivity index (χ3v) is 5.05. The van der Waals surface area contributed by atoms with Crippen molar-refractivity contribution in [2.75, 3.05) is 10.6 Å². The van der Waals surface area contributed by atoms with Crippen LogP contribution in [0, 0.1) is 6.92 Å². The first-order chi connectivity index (χ1) is 13.7. The molecule has 3 rings (SSSR count). The van der Waals surface area contributed by atoms with Gasteiger partial charge in [-0.05, 0) is 40.2 Å². The number of aliphatic hydroxyl groups is 1. The maximum absolute atomic E-state index is 10.4. The Labute approximate surface area is 171 Å². The number of benzene rings is 1. The Kier molecular flexibility index (Phi) is 5.93. The van der Waals surface area contributed by atoms with Crippen molar-refractivity contribution in [3.05, 3.63) is 35.7 Å². The quantitative estimate of drug-likeness (QED) is 0.460. The third-order valence-electron chi connectivity index (χ3n) is 5.05. The number of aromatic nitrogens is 4. The second kappa shape index (κ2) is 8.24. The molecule has 3 aromatic rings. The normalized spacial score (nSPS) is 12.9. The van der Waals surface area contributed by atoms with Crippen molar-refractivity contribution in [1.29, 1.82) is 0 Å². The van der Waals surface area contributed by atoms with Crippen molar-refractivity contribution in [2.24, 2.45) is 0 Å². The van der Waals surface area contributed by atoms with Crippen LogP contribution in [-0.4, -0.2) is 41.4 Å². The van der Waals surface area contributed by atoms with Crippen molar-refractivity contribution in [3.63, 3.8) is 0 Å². The molecular formula is C21H30N6O2. The number of fused-ring (bicyclic) bond motifs is 1. The number of hydrogen-bond donors (Lipinski definition) is 4. The standard InChI is InChI=1S/C21H30N6O2/c1-6-16(21(4,5)29)24-20-25-18(17-19(26-20)27(7-2)12-23-17)22-11-14-10-13(3)8-9-15(14)28/h8-10,12,16,28-29H,6-7,11H2,1-5H3,(H2,22,24,25,26). The highest BCUT2D eigenvalue weighted by Gasteiger charge is 2.26. The number of hydrogen-bond acceptors (Lipinski definition) is 7. The van der Waals surface area contributed by atoms with E-state index in [2.05, 4.69) is 25.6 Å². The van der Waals surface area contributed by atoms with Crippen molar-refractivity contribution < 1.29 is 10.2 Å². The van der Waals surface area contributed by atoms with Gasteiger partial charge in [-0.3, -0.25) is 0 Å². The van der Waals surface area contributed by atoms with E-state index in [0.29, 0.717) is 29.5 Å². The molecule has 0 saturated heterocycles. The van der Waals surface area contributed by atoms with Gasteiger partial charge in [0.25, 0.3) is 0 Å². The van der Waals surface area contributed by atoms with Gasteiger partial charge in [-0.15, -0.1) is 0 Å². The molecule has 1 aromatic carbocycles. The lowest BCUT2D eigenvalue weighted by molar-refractivity contribution is 0.0577. The van der Waals surface area contributed by atoms with Crippen LogP contribution in [0.25, 0.3) is 11.2 Å². The van der Waals surface area contributed by atoms with E-state index in [0.717, 1.165) is 24.1 Å². The molecule has 0 aliphatic heterocycles. The molecule has 1 atom stereocenters. The van der Waals surface area contributed by atoms with Crippen molar-refractivity contribution in [3.8, 4) is 5.75 Å². The molecule has 156 valence electrons. The fourth-order valence-electron chi connectivity index (χ4n) is 3.33. The molecule has 1 unspecified atom stereocenters. The summed E-state index contributed by atoms with van der Waals surface area (Å²) in [5.74, 6) is 1.24. The molecular weight excluding hydrogens is 368 g/mol. The molecule has 8 nitrogen and oxygen atoms in total. The summed E-state index contributed by atoms with van der Waals surface area (Å²) >= 11 is 0. The molecule has 0 spiro atoms. The average Bonchev–Trinajstić information content (AvgIpc) is 3.08. The van der Waals surface area contributed by atoms with Gasteiger partial charge in [-0.2, -0.15) is 9.97 Å². The largest absolute Gasteiger partial charge is 0.508 e. The zero-order valence-electron chi connectivity index (χ0n) is 17.7. The minimum absolute atomic E-state index is 0.202. The number of phenolic OH excluding ortho intramolecular Hbond substituents is 1. The van der Waals surface area contributed by atoms with Crippen LogP contribution >= 0.6 is 0 Å². The number of aromatic hydroxyl groups is 1. The molecule has 0 radical (unpaired) electrons. The van der Waals surface area contributed by atoms with Crippen molar-refractivity contribution >= 4 is 22.9 Å². The summed E-state index contributed by atoms with van der Waals surface area (Å²) < 4.78 is 1.95. The molecule has 4 N–H and O–H groups in total. The molecule has 0 aliphatic carbocycles. The number of nitrogens with one attached hydrogen (secondary N) is 2. The highest BCUT2D eigenvalue weighted by molar-refractivity contribution is 5.84. The summed E-state index contributed by atoms with van der Waals surface area (Å²) in [6.45, 7) is 10.7. The van der Waals surface area contributed by atoms with E-state index < -0.39 is 5.60 Å². The lowest BCUT2D eigenvalue weighted by Crippen LogP contribution is -2.41. The smallest absolute Gasteiger partial charge is 0.227 e. The fraction of sp³-hybridized carbons (Fsp3) is 0.476. The summed E-state index contributed by atoms with van der Waals surface area (Å²) in [6, 6.07) is 5.29. The van der Waals surface area contributed by atoms with Crippen LogP contribution in [0.5, 0.6) is 5.75 Å². The van der Waals surface area contributed by atoms with Gasteiger partial charge in [0, 0.05) is 18.7 Å². The van der Waals surface area contributed by atoms with Crippen LogP contribution in [-0.2, 0) is 13.1 Å². The maximum Gasteiger partial charge on any atom is 0.227 e. The van der Waals surface area contributed by atoms with Crippen LogP contribution in [0.3, 0.4) is 0 Å². The van der Waals surface area contributed by atoms with Gasteiger partial charge >= 0.3 is 0 Å². The average molecular weight is 399 g/mol. The number of anilines is 2.